The smallest absolute Gasteiger partial charge is 0.375 e. The van der Waals surface area contributed by atoms with Gasteiger partial charge in [0.1, 0.15) is 17.3 Å². The number of morpholine rings is 1. The number of piperazine rings is 1. The zero-order chi connectivity index (χ0) is 31.9. The number of likely N-dealkylation sites (N-methyl/N-ethyl adjacent to an activating group) is 1. The van der Waals surface area contributed by atoms with Crippen LogP contribution in [0, 0.1) is 17.5 Å². The highest BCUT2D eigenvalue weighted by atomic mass is 19.4. The van der Waals surface area contributed by atoms with Crippen molar-refractivity contribution in [2.24, 2.45) is 0 Å². The summed E-state index contributed by atoms with van der Waals surface area (Å²) < 4.78 is 92.6. The summed E-state index contributed by atoms with van der Waals surface area (Å²) in [7, 11) is 1.91. The molecule has 44 heavy (non-hydrogen) atoms. The molecule has 3 aromatic rings. The summed E-state index contributed by atoms with van der Waals surface area (Å²) in [5.74, 6) is -4.37. The SMILES string of the molecule is CC1CN(c2ncc(-c3c(F)cc(N4CC(C)N(C)C(C)C4)c(NC(=O)c4ccc(F)cc4C(F)(F)F)c3F)cn2)CCO1. The minimum absolute atomic E-state index is 0.0371. The van der Waals surface area contributed by atoms with Crippen molar-refractivity contribution in [3.05, 3.63) is 65.2 Å². The van der Waals surface area contributed by atoms with Gasteiger partial charge >= 0.3 is 6.18 Å². The predicted octanol–water partition coefficient (Wildman–Crippen LogP) is 5.59. The quantitative estimate of drug-likeness (QED) is 0.373. The number of hydrogen-bond donors (Lipinski definition) is 1. The van der Waals surface area contributed by atoms with Gasteiger partial charge in [0.15, 0.2) is 5.82 Å². The monoisotopic (exact) mass is 622 g/mol. The number of benzene rings is 2. The number of hydrogen-bond acceptors (Lipinski definition) is 7. The Balaban J connectivity index is 1.58. The Morgan fingerprint density at radius 1 is 0.977 bits per heavy atom. The van der Waals surface area contributed by atoms with E-state index < -0.39 is 51.9 Å². The van der Waals surface area contributed by atoms with Gasteiger partial charge in [-0.1, -0.05) is 0 Å². The molecule has 14 heteroatoms. The first-order valence-electron chi connectivity index (χ1n) is 14.1. The fraction of sp³-hybridized carbons (Fsp3) is 0.433. The molecule has 0 saturated carbocycles. The molecule has 0 bridgehead atoms. The third-order valence-electron chi connectivity index (χ3n) is 8.12. The number of anilines is 3. The number of alkyl halides is 3. The highest BCUT2D eigenvalue weighted by Crippen LogP contribution is 2.40. The van der Waals surface area contributed by atoms with Crippen LogP contribution >= 0.6 is 0 Å². The van der Waals surface area contributed by atoms with Crippen LogP contribution in [0.3, 0.4) is 0 Å². The van der Waals surface area contributed by atoms with Crippen molar-refractivity contribution < 1.29 is 35.9 Å². The van der Waals surface area contributed by atoms with Crippen LogP contribution < -0.4 is 15.1 Å². The van der Waals surface area contributed by atoms with Gasteiger partial charge in [-0.25, -0.2) is 23.1 Å². The van der Waals surface area contributed by atoms with E-state index in [1.54, 1.807) is 4.90 Å². The van der Waals surface area contributed by atoms with Crippen molar-refractivity contribution in [3.63, 3.8) is 0 Å². The van der Waals surface area contributed by atoms with Crippen LogP contribution in [0.25, 0.3) is 11.1 Å². The summed E-state index contributed by atoms with van der Waals surface area (Å²) in [5, 5.41) is 2.25. The van der Waals surface area contributed by atoms with Crippen molar-refractivity contribution in [1.29, 1.82) is 0 Å². The number of nitrogens with one attached hydrogen (secondary N) is 1. The predicted molar refractivity (Wildman–Crippen MR) is 153 cm³/mol. The normalized spacial score (nSPS) is 21.5. The zero-order valence-corrected chi connectivity index (χ0v) is 24.6. The first-order chi connectivity index (χ1) is 20.7. The minimum Gasteiger partial charge on any atom is -0.375 e. The van der Waals surface area contributed by atoms with Crippen LogP contribution in [0.1, 0.15) is 36.7 Å². The molecule has 5 rings (SSSR count). The average Bonchev–Trinajstić information content (AvgIpc) is 2.96. The Morgan fingerprint density at radius 2 is 1.64 bits per heavy atom. The molecule has 2 aliphatic heterocycles. The van der Waals surface area contributed by atoms with Crippen LogP contribution in [-0.4, -0.2) is 78.8 Å². The van der Waals surface area contributed by atoms with E-state index in [4.69, 9.17) is 4.74 Å². The molecule has 236 valence electrons. The topological polar surface area (TPSA) is 73.8 Å². The van der Waals surface area contributed by atoms with E-state index in [9.17, 15) is 22.4 Å². The third kappa shape index (κ3) is 6.32. The molecule has 3 heterocycles. The molecule has 0 aliphatic carbocycles. The number of rotatable bonds is 5. The number of nitrogens with zero attached hydrogens (tertiary/aromatic N) is 5. The van der Waals surface area contributed by atoms with Gasteiger partial charge in [0.25, 0.3) is 5.91 Å². The zero-order valence-electron chi connectivity index (χ0n) is 24.6. The van der Waals surface area contributed by atoms with Gasteiger partial charge in [0.05, 0.1) is 35.1 Å². The number of ether oxygens (including phenoxy) is 1. The molecule has 1 N–H and O–H groups in total. The van der Waals surface area contributed by atoms with E-state index in [2.05, 4.69) is 20.2 Å². The number of amides is 1. The molecule has 0 spiro atoms. The number of carbonyl (C=O) groups excluding carboxylic acids is 1. The lowest BCUT2D eigenvalue weighted by molar-refractivity contribution is -0.138. The summed E-state index contributed by atoms with van der Waals surface area (Å²) in [6.45, 7) is 7.90. The standard InChI is InChI=1S/C30H32F6N6O2/c1-16-13-42(14-17(2)40(16)4)24-10-23(32)25(19-11-37-29(38-12-19)41-7-8-44-18(3)15-41)26(33)27(24)39-28(43)21-6-5-20(31)9-22(21)30(34,35)36/h5-6,9-12,16-18H,7-8,13-15H2,1-4H3,(H,39,43). The Bertz CT molecular complexity index is 1520. The van der Waals surface area contributed by atoms with E-state index in [0.29, 0.717) is 50.9 Å². The maximum Gasteiger partial charge on any atom is 0.417 e. The van der Waals surface area contributed by atoms with Gasteiger partial charge in [-0.05, 0) is 46.0 Å². The molecular weight excluding hydrogens is 590 g/mol. The molecule has 2 aromatic carbocycles. The summed E-state index contributed by atoms with van der Waals surface area (Å²) in [5.41, 5.74) is -3.59. The molecule has 1 amide bonds. The van der Waals surface area contributed by atoms with Crippen LogP contribution in [0.15, 0.2) is 36.7 Å². The number of halogens is 6. The summed E-state index contributed by atoms with van der Waals surface area (Å²) >= 11 is 0. The first kappa shape index (κ1) is 31.5. The van der Waals surface area contributed by atoms with Crippen molar-refractivity contribution in [2.75, 3.05) is 55.0 Å². The largest absolute Gasteiger partial charge is 0.417 e. The molecule has 3 atom stereocenters. The second-order valence-corrected chi connectivity index (χ2v) is 11.3. The van der Waals surface area contributed by atoms with E-state index in [1.165, 1.54) is 12.4 Å². The Hall–Kier alpha value is -3.91. The summed E-state index contributed by atoms with van der Waals surface area (Å²) in [6, 6.07) is 2.52. The molecule has 2 aliphatic rings. The Kier molecular flexibility index (Phi) is 8.76. The van der Waals surface area contributed by atoms with E-state index in [-0.39, 0.29) is 35.5 Å². The van der Waals surface area contributed by atoms with Crippen molar-refractivity contribution in [1.82, 2.24) is 14.9 Å². The van der Waals surface area contributed by atoms with Gasteiger partial charge < -0.3 is 19.9 Å². The summed E-state index contributed by atoms with van der Waals surface area (Å²) in [4.78, 5) is 27.5. The van der Waals surface area contributed by atoms with Gasteiger partial charge in [-0.3, -0.25) is 9.69 Å². The molecule has 1 aromatic heterocycles. The van der Waals surface area contributed by atoms with Gasteiger partial charge in [-0.2, -0.15) is 13.2 Å². The van der Waals surface area contributed by atoms with Crippen LogP contribution in [-0.2, 0) is 10.9 Å². The molecule has 8 nitrogen and oxygen atoms in total. The Morgan fingerprint density at radius 3 is 2.25 bits per heavy atom. The van der Waals surface area contributed by atoms with E-state index in [1.807, 2.05) is 32.7 Å². The summed E-state index contributed by atoms with van der Waals surface area (Å²) in [6.07, 6.45) is -2.63. The van der Waals surface area contributed by atoms with Gasteiger partial charge in [0, 0.05) is 62.3 Å². The lowest BCUT2D eigenvalue weighted by atomic mass is 10.0. The fourth-order valence-corrected chi connectivity index (χ4v) is 5.58. The second kappa shape index (κ2) is 12.2. The maximum atomic E-state index is 16.4. The van der Waals surface area contributed by atoms with Crippen LogP contribution in [0.5, 0.6) is 0 Å². The molecular formula is C30H32F6N6O2. The van der Waals surface area contributed by atoms with E-state index in [0.717, 1.165) is 6.07 Å². The van der Waals surface area contributed by atoms with Gasteiger partial charge in [-0.15, -0.1) is 0 Å². The van der Waals surface area contributed by atoms with Crippen LogP contribution in [0.4, 0.5) is 43.7 Å². The highest BCUT2D eigenvalue weighted by Gasteiger charge is 2.37. The van der Waals surface area contributed by atoms with E-state index >= 15 is 8.78 Å². The molecule has 0 radical (unpaired) electrons. The average molecular weight is 623 g/mol. The highest BCUT2D eigenvalue weighted by molar-refractivity contribution is 6.07. The minimum atomic E-state index is -5.07. The first-order valence-corrected chi connectivity index (χ1v) is 14.1. The van der Waals surface area contributed by atoms with Crippen molar-refractivity contribution in [3.8, 4) is 11.1 Å². The lowest BCUT2D eigenvalue weighted by Crippen LogP contribution is -2.55. The third-order valence-corrected chi connectivity index (χ3v) is 8.12. The second-order valence-electron chi connectivity index (χ2n) is 11.3. The van der Waals surface area contributed by atoms with Crippen molar-refractivity contribution in [2.45, 2.75) is 45.1 Å². The fourth-order valence-electron chi connectivity index (χ4n) is 5.58. The lowest BCUT2D eigenvalue weighted by Gasteiger charge is -2.44. The molecule has 2 fully saturated rings. The molecule has 2 saturated heterocycles. The van der Waals surface area contributed by atoms with Crippen LogP contribution in [0.2, 0.25) is 0 Å². The van der Waals surface area contributed by atoms with Gasteiger partial charge in [0.2, 0.25) is 5.95 Å². The van der Waals surface area contributed by atoms with Crippen molar-refractivity contribution >= 4 is 23.2 Å². The molecule has 3 unspecified atom stereocenters. The Labute approximate surface area is 250 Å². The number of aromatic nitrogens is 2. The number of carbonyl (C=O) groups is 1. The maximum absolute atomic E-state index is 16.4.